The van der Waals surface area contributed by atoms with E-state index in [1.165, 1.54) is 24.0 Å². The largest absolute Gasteiger partial charge is 0.492 e. The van der Waals surface area contributed by atoms with E-state index in [1.807, 2.05) is 0 Å². The molecule has 136 valence electrons. The van der Waals surface area contributed by atoms with Crippen molar-refractivity contribution in [1.29, 1.82) is 0 Å². The van der Waals surface area contributed by atoms with E-state index in [0.717, 1.165) is 29.9 Å². The average Bonchev–Trinajstić information content (AvgIpc) is 2.62. The van der Waals surface area contributed by atoms with E-state index in [-0.39, 0.29) is 17.8 Å². The molecule has 0 aromatic heterocycles. The highest BCUT2D eigenvalue weighted by molar-refractivity contribution is 9.10. The number of piperidine rings is 1. The van der Waals surface area contributed by atoms with Gasteiger partial charge in [-0.1, -0.05) is 50.2 Å². The Bertz CT molecular complexity index is 669. The van der Waals surface area contributed by atoms with Crippen LogP contribution in [0.25, 0.3) is 0 Å². The van der Waals surface area contributed by atoms with Gasteiger partial charge in [-0.15, -0.1) is 12.4 Å². The van der Waals surface area contributed by atoms with Gasteiger partial charge in [-0.05, 0) is 71.0 Å². The molecule has 0 spiro atoms. The van der Waals surface area contributed by atoms with E-state index >= 15 is 0 Å². The molecule has 2 aromatic rings. The first-order valence-electron chi connectivity index (χ1n) is 8.76. The van der Waals surface area contributed by atoms with Crippen LogP contribution in [0.1, 0.15) is 37.8 Å². The summed E-state index contributed by atoms with van der Waals surface area (Å²) in [5, 5.41) is 3.40. The standard InChI is InChI=1S/C21H26BrNO.ClH/c1-21(2,17-6-4-3-5-7-17)18-8-9-20(19(22)14-18)24-15-16-10-12-23-13-11-16;/h3-9,14,16,23H,10-13,15H2,1-2H3;1H. The maximum atomic E-state index is 6.07. The molecular weight excluding hydrogens is 398 g/mol. The van der Waals surface area contributed by atoms with E-state index in [0.29, 0.717) is 5.92 Å². The lowest BCUT2D eigenvalue weighted by Gasteiger charge is -2.27. The molecule has 0 bridgehead atoms. The van der Waals surface area contributed by atoms with Crippen molar-refractivity contribution >= 4 is 28.3 Å². The van der Waals surface area contributed by atoms with Crippen molar-refractivity contribution in [1.82, 2.24) is 5.32 Å². The summed E-state index contributed by atoms with van der Waals surface area (Å²) in [6.45, 7) is 7.56. The normalized spacial score (nSPS) is 15.5. The second kappa shape index (κ2) is 9.07. The lowest BCUT2D eigenvalue weighted by molar-refractivity contribution is 0.214. The van der Waals surface area contributed by atoms with E-state index in [4.69, 9.17) is 4.74 Å². The highest BCUT2D eigenvalue weighted by Gasteiger charge is 2.24. The Morgan fingerprint density at radius 2 is 1.72 bits per heavy atom. The molecule has 1 heterocycles. The highest BCUT2D eigenvalue weighted by atomic mass is 79.9. The fraction of sp³-hybridized carbons (Fsp3) is 0.429. The number of ether oxygens (including phenoxy) is 1. The van der Waals surface area contributed by atoms with Gasteiger partial charge in [0.25, 0.3) is 0 Å². The molecule has 1 saturated heterocycles. The van der Waals surface area contributed by atoms with E-state index in [1.54, 1.807) is 0 Å². The van der Waals surface area contributed by atoms with Gasteiger partial charge in [0.05, 0.1) is 11.1 Å². The molecular formula is C21H27BrClNO. The first-order chi connectivity index (χ1) is 11.6. The molecule has 25 heavy (non-hydrogen) atoms. The van der Waals surface area contributed by atoms with Gasteiger partial charge in [-0.3, -0.25) is 0 Å². The van der Waals surface area contributed by atoms with Crippen LogP contribution in [0.5, 0.6) is 5.75 Å². The Kier molecular flexibility index (Phi) is 7.36. The van der Waals surface area contributed by atoms with Crippen molar-refractivity contribution in [2.45, 2.75) is 32.1 Å². The Labute approximate surface area is 165 Å². The maximum Gasteiger partial charge on any atom is 0.133 e. The Balaban J connectivity index is 0.00000225. The van der Waals surface area contributed by atoms with Crippen LogP contribution in [0.3, 0.4) is 0 Å². The summed E-state index contributed by atoms with van der Waals surface area (Å²) in [4.78, 5) is 0. The molecule has 3 rings (SSSR count). The molecule has 0 saturated carbocycles. The summed E-state index contributed by atoms with van der Waals surface area (Å²) >= 11 is 3.70. The van der Waals surface area contributed by atoms with Crippen LogP contribution in [-0.2, 0) is 5.41 Å². The molecule has 0 unspecified atom stereocenters. The van der Waals surface area contributed by atoms with Crippen LogP contribution in [0.2, 0.25) is 0 Å². The average molecular weight is 425 g/mol. The molecule has 1 aliphatic rings. The van der Waals surface area contributed by atoms with Crippen LogP contribution in [0.4, 0.5) is 0 Å². The Morgan fingerprint density at radius 1 is 1.04 bits per heavy atom. The summed E-state index contributed by atoms with van der Waals surface area (Å²) < 4.78 is 7.11. The predicted octanol–water partition coefficient (Wildman–Crippen LogP) is 5.58. The molecule has 2 aromatic carbocycles. The number of benzene rings is 2. The summed E-state index contributed by atoms with van der Waals surface area (Å²) in [6, 6.07) is 17.1. The van der Waals surface area contributed by atoms with Gasteiger partial charge in [0, 0.05) is 5.41 Å². The summed E-state index contributed by atoms with van der Waals surface area (Å²) in [5.41, 5.74) is 2.58. The summed E-state index contributed by atoms with van der Waals surface area (Å²) in [5.74, 6) is 1.61. The van der Waals surface area contributed by atoms with Gasteiger partial charge in [0.2, 0.25) is 0 Å². The minimum Gasteiger partial charge on any atom is -0.492 e. The maximum absolute atomic E-state index is 6.07. The zero-order chi connectivity index (χ0) is 17.0. The monoisotopic (exact) mass is 423 g/mol. The van der Waals surface area contributed by atoms with Gasteiger partial charge >= 0.3 is 0 Å². The van der Waals surface area contributed by atoms with Crippen molar-refractivity contribution < 1.29 is 4.74 Å². The topological polar surface area (TPSA) is 21.3 Å². The number of halogens is 2. The van der Waals surface area contributed by atoms with Gasteiger partial charge in [-0.2, -0.15) is 0 Å². The minimum absolute atomic E-state index is 0. The summed E-state index contributed by atoms with van der Waals surface area (Å²) in [7, 11) is 0. The third-order valence-electron chi connectivity index (χ3n) is 5.08. The SMILES string of the molecule is CC(C)(c1ccccc1)c1ccc(OCC2CCNCC2)c(Br)c1.Cl. The summed E-state index contributed by atoms with van der Waals surface area (Å²) in [6.07, 6.45) is 2.41. The van der Waals surface area contributed by atoms with Crippen molar-refractivity contribution in [3.05, 3.63) is 64.1 Å². The van der Waals surface area contributed by atoms with Crippen molar-refractivity contribution in [2.24, 2.45) is 5.92 Å². The van der Waals surface area contributed by atoms with Crippen LogP contribution in [-0.4, -0.2) is 19.7 Å². The van der Waals surface area contributed by atoms with Gasteiger partial charge in [-0.25, -0.2) is 0 Å². The third kappa shape index (κ3) is 4.99. The van der Waals surface area contributed by atoms with Crippen LogP contribution < -0.4 is 10.1 Å². The van der Waals surface area contributed by atoms with E-state index in [9.17, 15) is 0 Å². The predicted molar refractivity (Wildman–Crippen MR) is 111 cm³/mol. The van der Waals surface area contributed by atoms with Gasteiger partial charge < -0.3 is 10.1 Å². The Morgan fingerprint density at radius 3 is 2.36 bits per heavy atom. The fourth-order valence-electron chi connectivity index (χ4n) is 3.28. The molecule has 1 fully saturated rings. The minimum atomic E-state index is -0.0304. The molecule has 1 N–H and O–H groups in total. The first kappa shape index (κ1) is 20.3. The van der Waals surface area contributed by atoms with Crippen LogP contribution in [0, 0.1) is 5.92 Å². The molecule has 0 atom stereocenters. The lowest BCUT2D eigenvalue weighted by Crippen LogP contribution is -2.30. The number of rotatable bonds is 5. The Hall–Kier alpha value is -1.03. The quantitative estimate of drug-likeness (QED) is 0.677. The molecule has 0 aliphatic carbocycles. The zero-order valence-electron chi connectivity index (χ0n) is 14.9. The van der Waals surface area contributed by atoms with Gasteiger partial charge in [0.1, 0.15) is 5.75 Å². The second-order valence-electron chi connectivity index (χ2n) is 7.14. The third-order valence-corrected chi connectivity index (χ3v) is 5.70. The van der Waals surface area contributed by atoms with Crippen molar-refractivity contribution in [3.63, 3.8) is 0 Å². The second-order valence-corrected chi connectivity index (χ2v) is 7.99. The van der Waals surface area contributed by atoms with Gasteiger partial charge in [0.15, 0.2) is 0 Å². The number of hydrogen-bond donors (Lipinski definition) is 1. The number of hydrogen-bond acceptors (Lipinski definition) is 2. The van der Waals surface area contributed by atoms with Crippen molar-refractivity contribution in [2.75, 3.05) is 19.7 Å². The molecule has 0 amide bonds. The van der Waals surface area contributed by atoms with Crippen LogP contribution in [0.15, 0.2) is 53.0 Å². The van der Waals surface area contributed by atoms with Crippen LogP contribution >= 0.6 is 28.3 Å². The molecule has 0 radical (unpaired) electrons. The molecule has 2 nitrogen and oxygen atoms in total. The van der Waals surface area contributed by atoms with E-state index in [2.05, 4.69) is 83.6 Å². The van der Waals surface area contributed by atoms with E-state index < -0.39 is 0 Å². The smallest absolute Gasteiger partial charge is 0.133 e. The van der Waals surface area contributed by atoms with Crippen molar-refractivity contribution in [3.8, 4) is 5.75 Å². The first-order valence-corrected chi connectivity index (χ1v) is 9.56. The number of nitrogens with one attached hydrogen (secondary N) is 1. The highest BCUT2D eigenvalue weighted by Crippen LogP contribution is 2.36. The zero-order valence-corrected chi connectivity index (χ0v) is 17.3. The molecule has 1 aliphatic heterocycles. The fourth-order valence-corrected chi connectivity index (χ4v) is 3.78. The molecule has 4 heteroatoms. The lowest BCUT2D eigenvalue weighted by atomic mass is 9.78.